The van der Waals surface area contributed by atoms with Gasteiger partial charge in [0.05, 0.1) is 5.52 Å². The summed E-state index contributed by atoms with van der Waals surface area (Å²) < 4.78 is 0. The second-order valence-corrected chi connectivity index (χ2v) is 2.72. The molecule has 12 heavy (non-hydrogen) atoms. The van der Waals surface area contributed by atoms with Gasteiger partial charge in [-0.25, -0.2) is 4.79 Å². The smallest absolute Gasteiger partial charge is 0.326 e. The van der Waals surface area contributed by atoms with Crippen LogP contribution in [0.2, 0.25) is 5.15 Å². The number of H-pyrrole nitrogens is 3. The Labute approximate surface area is 70.4 Å². The van der Waals surface area contributed by atoms with Crippen LogP contribution >= 0.6 is 11.6 Å². The van der Waals surface area contributed by atoms with E-state index in [1.807, 2.05) is 0 Å². The summed E-state index contributed by atoms with van der Waals surface area (Å²) in [5.41, 5.74) is -0.322. The van der Waals surface area contributed by atoms with Crippen molar-refractivity contribution >= 4 is 22.6 Å². The van der Waals surface area contributed by atoms with E-state index in [0.29, 0.717) is 10.7 Å². The van der Waals surface area contributed by atoms with Crippen molar-refractivity contribution in [2.75, 3.05) is 0 Å². The van der Waals surface area contributed by atoms with Gasteiger partial charge in [-0.05, 0) is 6.07 Å². The number of hydrogen-bond donors (Lipinski definition) is 3. The van der Waals surface area contributed by atoms with E-state index >= 15 is 0 Å². The summed E-state index contributed by atoms with van der Waals surface area (Å²) >= 11 is 5.58. The summed E-state index contributed by atoms with van der Waals surface area (Å²) in [6.07, 6.45) is 0. The van der Waals surface area contributed by atoms with Crippen LogP contribution in [0, 0.1) is 0 Å². The summed E-state index contributed by atoms with van der Waals surface area (Å²) in [5.74, 6) is 0. The molecule has 0 aliphatic rings. The average Bonchev–Trinajstić information content (AvgIpc) is 2.29. The molecule has 0 aromatic carbocycles. The molecule has 0 saturated carbocycles. The SMILES string of the molecule is O=c1[nH]c(=O)c2[nH]c(Cl)cc2[nH]1. The third kappa shape index (κ3) is 0.947. The number of hydrogen-bond acceptors (Lipinski definition) is 2. The Kier molecular flexibility index (Phi) is 1.34. The van der Waals surface area contributed by atoms with Crippen molar-refractivity contribution in [3.05, 3.63) is 32.1 Å². The molecule has 5 nitrogen and oxygen atoms in total. The van der Waals surface area contributed by atoms with E-state index in [0.717, 1.165) is 0 Å². The monoisotopic (exact) mass is 185 g/mol. The molecular formula is C6H4ClN3O2. The van der Waals surface area contributed by atoms with Crippen molar-refractivity contribution in [1.29, 1.82) is 0 Å². The Hall–Kier alpha value is -1.49. The van der Waals surface area contributed by atoms with Crippen molar-refractivity contribution < 1.29 is 0 Å². The molecule has 3 N–H and O–H groups in total. The standard InChI is InChI=1S/C6H4ClN3O2/c7-3-1-2-4(9-3)5(11)10-6(12)8-2/h1,9H,(H2,8,10,11,12). The quantitative estimate of drug-likeness (QED) is 0.548. The topological polar surface area (TPSA) is 81.5 Å². The first-order valence-corrected chi connectivity index (χ1v) is 3.55. The highest BCUT2D eigenvalue weighted by atomic mass is 35.5. The molecule has 0 aliphatic heterocycles. The molecule has 0 saturated heterocycles. The zero-order valence-corrected chi connectivity index (χ0v) is 6.53. The van der Waals surface area contributed by atoms with E-state index in [1.165, 1.54) is 6.07 Å². The molecule has 0 bridgehead atoms. The van der Waals surface area contributed by atoms with E-state index in [-0.39, 0.29) is 5.52 Å². The van der Waals surface area contributed by atoms with Crippen molar-refractivity contribution in [2.24, 2.45) is 0 Å². The number of aromatic nitrogens is 3. The zero-order chi connectivity index (χ0) is 8.72. The molecular weight excluding hydrogens is 182 g/mol. The van der Waals surface area contributed by atoms with Gasteiger partial charge in [-0.1, -0.05) is 11.6 Å². The van der Waals surface area contributed by atoms with Gasteiger partial charge in [-0.3, -0.25) is 9.78 Å². The maximum Gasteiger partial charge on any atom is 0.326 e. The first-order chi connectivity index (χ1) is 5.66. The molecule has 0 spiro atoms. The van der Waals surface area contributed by atoms with E-state index in [9.17, 15) is 9.59 Å². The summed E-state index contributed by atoms with van der Waals surface area (Å²) in [6, 6.07) is 1.48. The fourth-order valence-electron chi connectivity index (χ4n) is 1.02. The van der Waals surface area contributed by atoms with Crippen LogP contribution in [0.15, 0.2) is 15.7 Å². The van der Waals surface area contributed by atoms with Gasteiger partial charge >= 0.3 is 5.69 Å². The summed E-state index contributed by atoms with van der Waals surface area (Å²) in [7, 11) is 0. The van der Waals surface area contributed by atoms with Crippen molar-refractivity contribution in [2.45, 2.75) is 0 Å². The first kappa shape index (κ1) is 7.17. The zero-order valence-electron chi connectivity index (χ0n) is 5.77. The lowest BCUT2D eigenvalue weighted by molar-refractivity contribution is 1.08. The Balaban J connectivity index is 3.08. The Morgan fingerprint density at radius 2 is 1.92 bits per heavy atom. The first-order valence-electron chi connectivity index (χ1n) is 3.17. The lowest BCUT2D eigenvalue weighted by atomic mass is 10.5. The number of halogens is 1. The highest BCUT2D eigenvalue weighted by Crippen LogP contribution is 2.10. The highest BCUT2D eigenvalue weighted by Gasteiger charge is 2.02. The summed E-state index contributed by atoms with van der Waals surface area (Å²) in [5, 5.41) is 0.317. The van der Waals surface area contributed by atoms with Crippen LogP contribution < -0.4 is 11.2 Å². The number of rotatable bonds is 0. The third-order valence-corrected chi connectivity index (χ3v) is 1.69. The fraction of sp³-hybridized carbons (Fsp3) is 0. The van der Waals surface area contributed by atoms with Gasteiger partial charge in [0.2, 0.25) is 0 Å². The van der Waals surface area contributed by atoms with Gasteiger partial charge in [0.25, 0.3) is 5.56 Å². The number of nitrogens with one attached hydrogen (secondary N) is 3. The van der Waals surface area contributed by atoms with Gasteiger partial charge in [0.1, 0.15) is 10.7 Å². The van der Waals surface area contributed by atoms with Gasteiger partial charge in [0.15, 0.2) is 0 Å². The molecule has 0 unspecified atom stereocenters. The summed E-state index contributed by atoms with van der Waals surface area (Å²) in [6.45, 7) is 0. The molecule has 0 aliphatic carbocycles. The van der Waals surface area contributed by atoms with Crippen molar-refractivity contribution in [3.63, 3.8) is 0 Å². The minimum absolute atomic E-state index is 0.277. The number of aromatic amines is 3. The van der Waals surface area contributed by atoms with Crippen LogP contribution in [-0.2, 0) is 0 Å². The molecule has 0 radical (unpaired) electrons. The Bertz CT molecular complexity index is 535. The lowest BCUT2D eigenvalue weighted by Gasteiger charge is -1.84. The number of fused-ring (bicyclic) bond motifs is 1. The molecule has 2 aromatic rings. The normalized spacial score (nSPS) is 10.8. The third-order valence-electron chi connectivity index (χ3n) is 1.49. The average molecular weight is 186 g/mol. The molecule has 0 atom stereocenters. The van der Waals surface area contributed by atoms with Crippen LogP contribution in [0.3, 0.4) is 0 Å². The Morgan fingerprint density at radius 3 is 2.67 bits per heavy atom. The maximum atomic E-state index is 11.0. The van der Waals surface area contributed by atoms with Crippen molar-refractivity contribution in [1.82, 2.24) is 15.0 Å². The molecule has 0 fully saturated rings. The largest absolute Gasteiger partial charge is 0.340 e. The van der Waals surface area contributed by atoms with Gasteiger partial charge in [0, 0.05) is 0 Å². The Morgan fingerprint density at radius 1 is 1.17 bits per heavy atom. The van der Waals surface area contributed by atoms with E-state index in [1.54, 1.807) is 0 Å². The van der Waals surface area contributed by atoms with Gasteiger partial charge in [-0.2, -0.15) is 0 Å². The maximum absolute atomic E-state index is 11.0. The minimum Gasteiger partial charge on any atom is -0.340 e. The van der Waals surface area contributed by atoms with Crippen molar-refractivity contribution in [3.8, 4) is 0 Å². The molecule has 0 amide bonds. The van der Waals surface area contributed by atoms with Crippen LogP contribution in [0.4, 0.5) is 0 Å². The predicted molar refractivity (Wildman–Crippen MR) is 44.6 cm³/mol. The minimum atomic E-state index is -0.539. The van der Waals surface area contributed by atoms with E-state index in [2.05, 4.69) is 15.0 Å². The fourth-order valence-corrected chi connectivity index (χ4v) is 1.22. The molecule has 2 rings (SSSR count). The van der Waals surface area contributed by atoms with Gasteiger partial charge < -0.3 is 9.97 Å². The molecule has 2 heterocycles. The van der Waals surface area contributed by atoms with Crippen LogP contribution in [0.1, 0.15) is 0 Å². The van der Waals surface area contributed by atoms with Gasteiger partial charge in [-0.15, -0.1) is 0 Å². The second-order valence-electron chi connectivity index (χ2n) is 2.31. The van der Waals surface area contributed by atoms with Crippen LogP contribution in [0.5, 0.6) is 0 Å². The summed E-state index contributed by atoms with van der Waals surface area (Å²) in [4.78, 5) is 28.9. The predicted octanol–water partition coefficient (Wildman–Crippen LogP) is 0.198. The molecule has 6 heteroatoms. The van der Waals surface area contributed by atoms with E-state index in [4.69, 9.17) is 11.6 Å². The lowest BCUT2D eigenvalue weighted by Crippen LogP contribution is -2.21. The van der Waals surface area contributed by atoms with Crippen LogP contribution in [0.25, 0.3) is 11.0 Å². The second kappa shape index (κ2) is 2.25. The molecule has 62 valence electrons. The molecule has 2 aromatic heterocycles. The van der Waals surface area contributed by atoms with Crippen LogP contribution in [-0.4, -0.2) is 15.0 Å². The van der Waals surface area contributed by atoms with E-state index < -0.39 is 11.2 Å². The highest BCUT2D eigenvalue weighted by molar-refractivity contribution is 6.30.